The van der Waals surface area contributed by atoms with Gasteiger partial charge in [-0.1, -0.05) is 6.08 Å². The lowest BCUT2D eigenvalue weighted by Gasteiger charge is -1.96. The van der Waals surface area contributed by atoms with Crippen LogP contribution in [0.2, 0.25) is 0 Å². The van der Waals surface area contributed by atoms with Crippen LogP contribution in [0.5, 0.6) is 0 Å². The first kappa shape index (κ1) is 6.81. The topological polar surface area (TPSA) is 22.0 Å². The van der Waals surface area contributed by atoms with Gasteiger partial charge in [0.05, 0.1) is 6.07 Å². The summed E-state index contributed by atoms with van der Waals surface area (Å²) in [5.74, 6) is 0. The highest BCUT2D eigenvalue weighted by Crippen LogP contribution is 1.80. The van der Waals surface area contributed by atoms with Gasteiger partial charge in [0, 0.05) is 12.7 Å². The summed E-state index contributed by atoms with van der Waals surface area (Å²) in [6, 6.07) is 5.91. The van der Waals surface area contributed by atoms with Crippen LogP contribution in [-0.4, -0.2) is 4.57 Å². The third kappa shape index (κ3) is 1.35. The minimum absolute atomic E-state index is 0.109. The molecule has 0 fully saturated rings. The second-order valence-electron chi connectivity index (χ2n) is 1.90. The predicted molar refractivity (Wildman–Crippen MR) is 39.7 cm³/mol. The number of aromatic nitrogens is 1. The van der Waals surface area contributed by atoms with E-state index in [1.54, 1.807) is 24.4 Å². The normalized spacial score (nSPS) is 9.20. The van der Waals surface area contributed by atoms with Gasteiger partial charge >= 0.3 is 0 Å². The van der Waals surface area contributed by atoms with Gasteiger partial charge in [-0.15, -0.1) is 6.58 Å². The molecule has 0 spiro atoms. The molecule has 2 heteroatoms. The Morgan fingerprint density at radius 2 is 2.60 bits per heavy atom. The molecule has 0 unspecified atom stereocenters. The summed E-state index contributed by atoms with van der Waals surface area (Å²) in [7, 11) is 0. The molecular formula is C8H8NO. The van der Waals surface area contributed by atoms with E-state index >= 15 is 0 Å². The van der Waals surface area contributed by atoms with E-state index in [1.165, 1.54) is 4.57 Å². The molecule has 0 aliphatic heterocycles. The van der Waals surface area contributed by atoms with Crippen LogP contribution in [-0.2, 0) is 6.54 Å². The minimum Gasteiger partial charge on any atom is -0.311 e. The molecule has 1 heterocycles. The van der Waals surface area contributed by atoms with Crippen molar-refractivity contribution >= 4 is 0 Å². The Kier molecular flexibility index (Phi) is 2.05. The van der Waals surface area contributed by atoms with Crippen LogP contribution >= 0.6 is 0 Å². The Balaban J connectivity index is 3.03. The van der Waals surface area contributed by atoms with Crippen molar-refractivity contribution in [1.82, 2.24) is 4.57 Å². The average Bonchev–Trinajstić information content (AvgIpc) is 1.94. The van der Waals surface area contributed by atoms with E-state index in [2.05, 4.69) is 12.6 Å². The van der Waals surface area contributed by atoms with E-state index in [4.69, 9.17) is 0 Å². The summed E-state index contributed by atoms with van der Waals surface area (Å²) >= 11 is 0. The smallest absolute Gasteiger partial charge is 0.258 e. The molecule has 51 valence electrons. The first-order chi connectivity index (χ1) is 4.84. The van der Waals surface area contributed by atoms with Gasteiger partial charge in [-0.05, 0) is 12.1 Å². The van der Waals surface area contributed by atoms with Crippen molar-refractivity contribution in [2.75, 3.05) is 0 Å². The summed E-state index contributed by atoms with van der Waals surface area (Å²) in [4.78, 5) is 10.9. The van der Waals surface area contributed by atoms with Crippen LogP contribution in [0.15, 0.2) is 35.8 Å². The highest BCUT2D eigenvalue weighted by Gasteiger charge is 1.87. The van der Waals surface area contributed by atoms with E-state index < -0.39 is 0 Å². The van der Waals surface area contributed by atoms with Crippen molar-refractivity contribution in [3.8, 4) is 0 Å². The molecule has 1 aromatic heterocycles. The van der Waals surface area contributed by atoms with E-state index in [9.17, 15) is 4.79 Å². The number of hydrogen-bond acceptors (Lipinski definition) is 1. The van der Waals surface area contributed by atoms with Crippen LogP contribution in [0.1, 0.15) is 0 Å². The van der Waals surface area contributed by atoms with Crippen molar-refractivity contribution in [2.45, 2.75) is 6.54 Å². The Morgan fingerprint density at radius 1 is 1.80 bits per heavy atom. The van der Waals surface area contributed by atoms with Crippen molar-refractivity contribution < 1.29 is 0 Å². The fourth-order valence-corrected chi connectivity index (χ4v) is 0.700. The molecule has 0 saturated heterocycles. The molecule has 0 bridgehead atoms. The second-order valence-corrected chi connectivity index (χ2v) is 1.90. The molecule has 0 aromatic carbocycles. The van der Waals surface area contributed by atoms with Crippen LogP contribution in [0, 0.1) is 6.07 Å². The highest BCUT2D eigenvalue weighted by molar-refractivity contribution is 4.92. The molecule has 0 aliphatic carbocycles. The van der Waals surface area contributed by atoms with Crippen LogP contribution in [0.4, 0.5) is 0 Å². The highest BCUT2D eigenvalue weighted by atomic mass is 16.1. The first-order valence-electron chi connectivity index (χ1n) is 3.02. The van der Waals surface area contributed by atoms with Gasteiger partial charge in [-0.3, -0.25) is 4.79 Å². The maximum Gasteiger partial charge on any atom is 0.258 e. The van der Waals surface area contributed by atoms with Gasteiger partial charge in [0.1, 0.15) is 0 Å². The molecule has 0 atom stereocenters. The lowest BCUT2D eigenvalue weighted by atomic mass is 10.4. The summed E-state index contributed by atoms with van der Waals surface area (Å²) < 4.78 is 1.53. The Bertz CT molecular complexity index is 275. The number of allylic oxidation sites excluding steroid dienone is 1. The van der Waals surface area contributed by atoms with Crippen molar-refractivity contribution in [2.24, 2.45) is 0 Å². The average molecular weight is 134 g/mol. The summed E-state index contributed by atoms with van der Waals surface area (Å²) in [6.45, 7) is 4.08. The zero-order chi connectivity index (χ0) is 7.40. The summed E-state index contributed by atoms with van der Waals surface area (Å²) in [6.07, 6.45) is 3.38. The predicted octanol–water partition coefficient (Wildman–Crippen LogP) is 0.834. The summed E-state index contributed by atoms with van der Waals surface area (Å²) in [5, 5.41) is 0. The van der Waals surface area contributed by atoms with E-state index in [-0.39, 0.29) is 5.56 Å². The number of hydrogen-bond donors (Lipinski definition) is 0. The van der Waals surface area contributed by atoms with Gasteiger partial charge in [0.2, 0.25) is 0 Å². The monoisotopic (exact) mass is 134 g/mol. The third-order valence-electron chi connectivity index (χ3n) is 1.16. The molecule has 1 aromatic rings. The van der Waals surface area contributed by atoms with E-state index in [0.717, 1.165) is 0 Å². The zero-order valence-corrected chi connectivity index (χ0v) is 5.58. The van der Waals surface area contributed by atoms with E-state index in [0.29, 0.717) is 6.54 Å². The van der Waals surface area contributed by atoms with Crippen LogP contribution in [0.3, 0.4) is 0 Å². The number of nitrogens with zero attached hydrogens (tertiary/aromatic N) is 1. The molecule has 0 N–H and O–H groups in total. The summed E-state index contributed by atoms with van der Waals surface area (Å²) in [5.41, 5.74) is -0.109. The van der Waals surface area contributed by atoms with Crippen LogP contribution < -0.4 is 5.56 Å². The Morgan fingerprint density at radius 3 is 3.20 bits per heavy atom. The largest absolute Gasteiger partial charge is 0.311 e. The minimum atomic E-state index is -0.109. The van der Waals surface area contributed by atoms with Crippen molar-refractivity contribution in [3.05, 3.63) is 47.4 Å². The maximum atomic E-state index is 10.9. The molecule has 10 heavy (non-hydrogen) atoms. The van der Waals surface area contributed by atoms with Gasteiger partial charge < -0.3 is 4.57 Å². The first-order valence-corrected chi connectivity index (χ1v) is 3.02. The second kappa shape index (κ2) is 3.01. The SMILES string of the molecule is C=CCn1ccc[c]c1=O. The Hall–Kier alpha value is -1.31. The van der Waals surface area contributed by atoms with Crippen LogP contribution in [0.25, 0.3) is 0 Å². The fraction of sp³-hybridized carbons (Fsp3) is 0.125. The zero-order valence-electron chi connectivity index (χ0n) is 5.58. The van der Waals surface area contributed by atoms with Gasteiger partial charge in [-0.2, -0.15) is 0 Å². The van der Waals surface area contributed by atoms with Gasteiger partial charge in [0.25, 0.3) is 5.56 Å². The van der Waals surface area contributed by atoms with Gasteiger partial charge in [0.15, 0.2) is 0 Å². The molecular weight excluding hydrogens is 126 g/mol. The quantitative estimate of drug-likeness (QED) is 0.549. The van der Waals surface area contributed by atoms with E-state index in [1.807, 2.05) is 0 Å². The number of rotatable bonds is 2. The van der Waals surface area contributed by atoms with Crippen molar-refractivity contribution in [1.29, 1.82) is 0 Å². The fourth-order valence-electron chi connectivity index (χ4n) is 0.700. The third-order valence-corrected chi connectivity index (χ3v) is 1.16. The Labute approximate surface area is 59.4 Å². The molecule has 1 radical (unpaired) electrons. The van der Waals surface area contributed by atoms with Crippen molar-refractivity contribution in [3.63, 3.8) is 0 Å². The maximum absolute atomic E-state index is 10.9. The molecule has 0 saturated carbocycles. The molecule has 2 nitrogen and oxygen atoms in total. The lowest BCUT2D eigenvalue weighted by molar-refractivity contribution is 0.779. The number of pyridine rings is 1. The standard InChI is InChI=1S/C8H8NO/c1-2-6-9-7-4-3-5-8(9)10/h2-4,7H,1,6H2. The lowest BCUT2D eigenvalue weighted by Crippen LogP contribution is -2.16. The van der Waals surface area contributed by atoms with Gasteiger partial charge in [-0.25, -0.2) is 0 Å². The molecule has 0 amide bonds. The molecule has 1 rings (SSSR count). The molecule has 0 aliphatic rings.